The van der Waals surface area contributed by atoms with Gasteiger partial charge in [-0.1, -0.05) is 38.5 Å². The third-order valence-corrected chi connectivity index (χ3v) is 3.47. The average Bonchev–Trinajstić information content (AvgIpc) is 2.21. The molecule has 0 nitrogen and oxygen atoms in total. The molecule has 13 heavy (non-hydrogen) atoms. The van der Waals surface area contributed by atoms with Gasteiger partial charge in [0.05, 0.1) is 0 Å². The number of rotatable bonds is 1. The van der Waals surface area contributed by atoms with Crippen LogP contribution in [0.3, 0.4) is 0 Å². The van der Waals surface area contributed by atoms with Crippen molar-refractivity contribution in [2.75, 3.05) is 0 Å². The third kappa shape index (κ3) is 3.63. The van der Waals surface area contributed by atoms with Gasteiger partial charge in [0.1, 0.15) is 0 Å². The van der Waals surface area contributed by atoms with E-state index in [1.165, 1.54) is 51.4 Å². The van der Waals surface area contributed by atoms with Gasteiger partial charge in [0.15, 0.2) is 0 Å². The van der Waals surface area contributed by atoms with E-state index in [-0.39, 0.29) is 32.7 Å². The van der Waals surface area contributed by atoms with Gasteiger partial charge in [0.2, 0.25) is 0 Å². The maximum Gasteiger partial charge on any atom is 0 e. The van der Waals surface area contributed by atoms with Crippen LogP contribution in [0.25, 0.3) is 0 Å². The summed E-state index contributed by atoms with van der Waals surface area (Å²) in [5, 5.41) is 0. The Hall–Kier alpha value is 1.10. The summed E-state index contributed by atoms with van der Waals surface area (Å²) >= 11 is 0. The normalized spacial score (nSPS) is 35.1. The molecule has 0 saturated heterocycles. The second kappa shape index (κ2) is 6.56. The molecule has 0 aliphatic heterocycles. The quantitative estimate of drug-likeness (QED) is 0.624. The molecule has 0 amide bonds. The predicted octanol–water partition coefficient (Wildman–Crippen LogP) is 3.77. The first-order chi connectivity index (χ1) is 5.97. The molecule has 0 aromatic carbocycles. The monoisotopic (exact) mass is 253 g/mol. The Bertz CT molecular complexity index is 105. The smallest absolute Gasteiger partial charge is 0 e. The van der Waals surface area contributed by atoms with Crippen LogP contribution in [0.5, 0.6) is 0 Å². The molecule has 2 aliphatic rings. The van der Waals surface area contributed by atoms with E-state index >= 15 is 0 Å². The molecule has 73 valence electrons. The van der Waals surface area contributed by atoms with Gasteiger partial charge in [-0.2, -0.15) is 24.7 Å². The maximum atomic E-state index is 2.59. The van der Waals surface area contributed by atoms with Gasteiger partial charge in [0.25, 0.3) is 0 Å². The minimum Gasteiger partial charge on any atom is -0.328 e. The zero-order valence-electron chi connectivity index (χ0n) is 8.54. The third-order valence-electron chi connectivity index (χ3n) is 3.47. The van der Waals surface area contributed by atoms with Crippen molar-refractivity contribution >= 4 is 0 Å². The Kier molecular flexibility index (Phi) is 6.15. The molecule has 0 heterocycles. The molecule has 0 aromatic heterocycles. The summed E-state index contributed by atoms with van der Waals surface area (Å²) in [6, 6.07) is 0. The second-order valence-electron chi connectivity index (χ2n) is 4.37. The van der Waals surface area contributed by atoms with Crippen LogP contribution in [0.1, 0.15) is 51.4 Å². The van der Waals surface area contributed by atoms with Gasteiger partial charge in [0, 0.05) is 32.7 Å². The predicted molar refractivity (Wildman–Crippen MR) is 52.5 cm³/mol. The molecular formula is C12H20Y-2. The van der Waals surface area contributed by atoms with Crippen LogP contribution in [-0.2, 0) is 32.7 Å². The van der Waals surface area contributed by atoms with Crippen molar-refractivity contribution in [3.8, 4) is 0 Å². The van der Waals surface area contributed by atoms with E-state index in [0.29, 0.717) is 0 Å². The van der Waals surface area contributed by atoms with Crippen molar-refractivity contribution in [2.24, 2.45) is 11.8 Å². The van der Waals surface area contributed by atoms with Crippen LogP contribution in [-0.4, -0.2) is 0 Å². The summed E-state index contributed by atoms with van der Waals surface area (Å²) in [5.74, 6) is 1.91. The van der Waals surface area contributed by atoms with E-state index in [9.17, 15) is 0 Å². The summed E-state index contributed by atoms with van der Waals surface area (Å²) in [6.45, 7) is 0. The van der Waals surface area contributed by atoms with Crippen LogP contribution < -0.4 is 0 Å². The van der Waals surface area contributed by atoms with Crippen LogP contribution in [0, 0.1) is 24.7 Å². The van der Waals surface area contributed by atoms with E-state index < -0.39 is 0 Å². The molecule has 2 rings (SSSR count). The van der Waals surface area contributed by atoms with Crippen LogP contribution in [0.2, 0.25) is 0 Å². The summed E-state index contributed by atoms with van der Waals surface area (Å²) in [4.78, 5) is 0. The fourth-order valence-electron chi connectivity index (χ4n) is 2.73. The van der Waals surface area contributed by atoms with E-state index in [1.54, 1.807) is 0 Å². The SMILES string of the molecule is [CH-]1CCCCC1C1[CH-]CCCC1.[Y]. The van der Waals surface area contributed by atoms with Gasteiger partial charge >= 0.3 is 0 Å². The first-order valence-electron chi connectivity index (χ1n) is 5.63. The minimum absolute atomic E-state index is 0. The molecule has 2 fully saturated rings. The second-order valence-corrected chi connectivity index (χ2v) is 4.37. The molecule has 2 unspecified atom stereocenters. The van der Waals surface area contributed by atoms with Crippen LogP contribution in [0.15, 0.2) is 0 Å². The van der Waals surface area contributed by atoms with Crippen LogP contribution >= 0.6 is 0 Å². The Morgan fingerprint density at radius 1 is 0.692 bits per heavy atom. The molecule has 2 saturated carbocycles. The molecule has 0 N–H and O–H groups in total. The van der Waals surface area contributed by atoms with E-state index in [1.807, 2.05) is 0 Å². The van der Waals surface area contributed by atoms with Gasteiger partial charge in [-0.15, -0.1) is 0 Å². The first-order valence-corrected chi connectivity index (χ1v) is 5.63. The van der Waals surface area contributed by atoms with Crippen molar-refractivity contribution in [1.29, 1.82) is 0 Å². The van der Waals surface area contributed by atoms with Crippen molar-refractivity contribution < 1.29 is 32.7 Å². The van der Waals surface area contributed by atoms with Crippen molar-refractivity contribution in [2.45, 2.75) is 51.4 Å². The zero-order chi connectivity index (χ0) is 8.23. The molecule has 0 spiro atoms. The molecule has 2 aliphatic carbocycles. The van der Waals surface area contributed by atoms with E-state index in [2.05, 4.69) is 12.8 Å². The Balaban J connectivity index is 0.000000845. The Morgan fingerprint density at radius 2 is 1.15 bits per heavy atom. The number of hydrogen-bond acceptors (Lipinski definition) is 0. The standard InChI is InChI=1S/C12H20.Y/c1-3-7-11(8-4-1)12-9-5-2-6-10-12;/h7,9,11-12H,1-6,8,10H2;/q-2;. The molecule has 0 bridgehead atoms. The molecule has 2 atom stereocenters. The average molecular weight is 253 g/mol. The zero-order valence-corrected chi connectivity index (χ0v) is 11.4. The summed E-state index contributed by atoms with van der Waals surface area (Å²) in [5.41, 5.74) is 0. The minimum atomic E-state index is 0. The molecule has 0 aromatic rings. The summed E-state index contributed by atoms with van der Waals surface area (Å²) in [6.07, 6.45) is 16.8. The number of hydrogen-bond donors (Lipinski definition) is 0. The first kappa shape index (κ1) is 12.2. The summed E-state index contributed by atoms with van der Waals surface area (Å²) < 4.78 is 0. The topological polar surface area (TPSA) is 0 Å². The van der Waals surface area contributed by atoms with E-state index in [4.69, 9.17) is 0 Å². The maximum absolute atomic E-state index is 2.59. The Labute approximate surface area is 108 Å². The summed E-state index contributed by atoms with van der Waals surface area (Å²) in [7, 11) is 0. The van der Waals surface area contributed by atoms with Gasteiger partial charge in [-0.3, -0.25) is 0 Å². The molecular weight excluding hydrogens is 233 g/mol. The Morgan fingerprint density at radius 3 is 1.46 bits per heavy atom. The van der Waals surface area contributed by atoms with Crippen molar-refractivity contribution in [3.05, 3.63) is 12.8 Å². The van der Waals surface area contributed by atoms with Crippen LogP contribution in [0.4, 0.5) is 0 Å². The molecule has 1 radical (unpaired) electrons. The van der Waals surface area contributed by atoms with Crippen molar-refractivity contribution in [3.63, 3.8) is 0 Å². The fourth-order valence-corrected chi connectivity index (χ4v) is 2.73. The van der Waals surface area contributed by atoms with Crippen molar-refractivity contribution in [1.82, 2.24) is 0 Å². The largest absolute Gasteiger partial charge is 0.328 e. The van der Waals surface area contributed by atoms with Gasteiger partial charge < -0.3 is 12.8 Å². The van der Waals surface area contributed by atoms with Gasteiger partial charge in [-0.05, 0) is 0 Å². The molecule has 1 heteroatoms. The van der Waals surface area contributed by atoms with Gasteiger partial charge in [-0.25, -0.2) is 0 Å². The fraction of sp³-hybridized carbons (Fsp3) is 0.833. The van der Waals surface area contributed by atoms with E-state index in [0.717, 1.165) is 11.8 Å².